The van der Waals surface area contributed by atoms with Crippen LogP contribution in [0.3, 0.4) is 0 Å². The second kappa shape index (κ2) is 5.54. The van der Waals surface area contributed by atoms with Gasteiger partial charge >= 0.3 is 0 Å². The van der Waals surface area contributed by atoms with Crippen molar-refractivity contribution in [1.82, 2.24) is 4.90 Å². The molecule has 0 aliphatic carbocycles. The van der Waals surface area contributed by atoms with Gasteiger partial charge in [-0.3, -0.25) is 4.79 Å². The van der Waals surface area contributed by atoms with Gasteiger partial charge in [0.2, 0.25) is 0 Å². The van der Waals surface area contributed by atoms with Crippen molar-refractivity contribution in [3.8, 4) is 17.2 Å². The normalized spacial score (nSPS) is 10.4. The van der Waals surface area contributed by atoms with E-state index in [2.05, 4.69) is 0 Å². The van der Waals surface area contributed by atoms with Crippen LogP contribution in [0.15, 0.2) is 12.1 Å². The van der Waals surface area contributed by atoms with E-state index in [-0.39, 0.29) is 23.6 Å². The number of rotatable bonds is 5. The fourth-order valence-corrected chi connectivity index (χ4v) is 1.50. The molecule has 1 aromatic carbocycles. The Bertz CT molecular complexity index is 415. The van der Waals surface area contributed by atoms with Gasteiger partial charge in [0.15, 0.2) is 5.78 Å². The third kappa shape index (κ3) is 3.10. The van der Waals surface area contributed by atoms with Crippen LogP contribution >= 0.6 is 0 Å². The van der Waals surface area contributed by atoms with Crippen molar-refractivity contribution in [3.05, 3.63) is 17.7 Å². The number of hydrogen-bond donors (Lipinski definition) is 1. The highest BCUT2D eigenvalue weighted by atomic mass is 16.5. The van der Waals surface area contributed by atoms with Gasteiger partial charge in [0.25, 0.3) is 0 Å². The SMILES string of the molecule is COc1cc(O)c(C(=O)CN(C)C)c(OC)c1. The molecule has 1 aromatic rings. The summed E-state index contributed by atoms with van der Waals surface area (Å²) in [4.78, 5) is 13.7. The van der Waals surface area contributed by atoms with Crippen LogP contribution in [0.25, 0.3) is 0 Å². The van der Waals surface area contributed by atoms with Crippen molar-refractivity contribution in [2.24, 2.45) is 0 Å². The fraction of sp³-hybridized carbons (Fsp3) is 0.417. The summed E-state index contributed by atoms with van der Waals surface area (Å²) < 4.78 is 10.1. The second-order valence-corrected chi connectivity index (χ2v) is 3.88. The standard InChI is InChI=1S/C12H17NO4/c1-13(2)7-10(15)12-9(14)5-8(16-3)6-11(12)17-4/h5-6,14H,7H2,1-4H3. The molecule has 0 spiro atoms. The molecule has 1 rings (SSSR count). The Balaban J connectivity index is 3.18. The molecule has 0 amide bonds. The molecule has 17 heavy (non-hydrogen) atoms. The first-order valence-corrected chi connectivity index (χ1v) is 5.12. The van der Waals surface area contributed by atoms with Crippen LogP contribution in [0.5, 0.6) is 17.2 Å². The Hall–Kier alpha value is -1.75. The average molecular weight is 239 g/mol. The summed E-state index contributed by atoms with van der Waals surface area (Å²) in [7, 11) is 6.49. The smallest absolute Gasteiger partial charge is 0.184 e. The van der Waals surface area contributed by atoms with Gasteiger partial charge in [-0.05, 0) is 14.1 Å². The zero-order chi connectivity index (χ0) is 13.0. The molecular formula is C12H17NO4. The number of nitrogens with zero attached hydrogens (tertiary/aromatic N) is 1. The topological polar surface area (TPSA) is 59.0 Å². The molecule has 0 heterocycles. The number of carbonyl (C=O) groups excluding carboxylic acids is 1. The van der Waals surface area contributed by atoms with Gasteiger partial charge in [-0.1, -0.05) is 0 Å². The lowest BCUT2D eigenvalue weighted by atomic mass is 10.1. The number of likely N-dealkylation sites (N-methyl/N-ethyl adjacent to an activating group) is 1. The van der Waals surface area contributed by atoms with Crippen molar-refractivity contribution < 1.29 is 19.4 Å². The summed E-state index contributed by atoms with van der Waals surface area (Å²) in [6.45, 7) is 0.205. The highest BCUT2D eigenvalue weighted by molar-refractivity contribution is 6.02. The van der Waals surface area contributed by atoms with Crippen molar-refractivity contribution >= 4 is 5.78 Å². The minimum absolute atomic E-state index is 0.131. The second-order valence-electron chi connectivity index (χ2n) is 3.88. The van der Waals surface area contributed by atoms with Crippen molar-refractivity contribution in [2.75, 3.05) is 34.9 Å². The molecule has 0 bridgehead atoms. The average Bonchev–Trinajstić information content (AvgIpc) is 2.26. The summed E-state index contributed by atoms with van der Waals surface area (Å²) in [5, 5.41) is 9.82. The number of hydrogen-bond acceptors (Lipinski definition) is 5. The molecule has 0 aliphatic heterocycles. The fourth-order valence-electron chi connectivity index (χ4n) is 1.50. The van der Waals surface area contributed by atoms with Gasteiger partial charge < -0.3 is 19.5 Å². The maximum Gasteiger partial charge on any atom is 0.184 e. The molecule has 0 saturated heterocycles. The molecule has 0 atom stereocenters. The van der Waals surface area contributed by atoms with Gasteiger partial charge in [-0.15, -0.1) is 0 Å². The minimum Gasteiger partial charge on any atom is -0.507 e. The van der Waals surface area contributed by atoms with Crippen LogP contribution in [-0.2, 0) is 0 Å². The Morgan fingerprint density at radius 1 is 1.29 bits per heavy atom. The molecule has 0 radical (unpaired) electrons. The van der Waals surface area contributed by atoms with Gasteiger partial charge in [0, 0.05) is 12.1 Å². The number of phenolic OH excluding ortho intramolecular Hbond substituents is 1. The molecule has 1 N–H and O–H groups in total. The molecule has 0 fully saturated rings. The zero-order valence-electron chi connectivity index (χ0n) is 10.5. The molecule has 5 nitrogen and oxygen atoms in total. The first-order chi connectivity index (χ1) is 7.99. The lowest BCUT2D eigenvalue weighted by Gasteiger charge is -2.14. The van der Waals surface area contributed by atoms with Crippen LogP contribution in [0.2, 0.25) is 0 Å². The van der Waals surface area contributed by atoms with Crippen LogP contribution in [-0.4, -0.2) is 50.6 Å². The maximum atomic E-state index is 11.9. The van der Waals surface area contributed by atoms with Crippen LogP contribution < -0.4 is 9.47 Å². The number of ether oxygens (including phenoxy) is 2. The van der Waals surface area contributed by atoms with Crippen LogP contribution in [0, 0.1) is 0 Å². The molecule has 0 unspecified atom stereocenters. The first kappa shape index (κ1) is 13.3. The van der Waals surface area contributed by atoms with E-state index >= 15 is 0 Å². The monoisotopic (exact) mass is 239 g/mol. The van der Waals surface area contributed by atoms with Gasteiger partial charge in [-0.2, -0.15) is 0 Å². The van der Waals surface area contributed by atoms with Crippen LogP contribution in [0.1, 0.15) is 10.4 Å². The Kier molecular flexibility index (Phi) is 4.34. The summed E-state index contributed by atoms with van der Waals surface area (Å²) in [5.41, 5.74) is 0.182. The summed E-state index contributed by atoms with van der Waals surface area (Å²) in [6, 6.07) is 2.97. The number of aromatic hydroxyl groups is 1. The van der Waals surface area contributed by atoms with Crippen molar-refractivity contribution in [1.29, 1.82) is 0 Å². The molecule has 0 aromatic heterocycles. The number of Topliss-reactive ketones (excluding diaryl/α,β-unsaturated/α-hetero) is 1. The Labute approximate surface area is 101 Å². The van der Waals surface area contributed by atoms with E-state index in [9.17, 15) is 9.90 Å². The van der Waals surface area contributed by atoms with Gasteiger partial charge in [0.1, 0.15) is 22.8 Å². The lowest BCUT2D eigenvalue weighted by molar-refractivity contribution is 0.0952. The summed E-state index contributed by atoms with van der Waals surface area (Å²) in [5.74, 6) is 0.425. The molecule has 5 heteroatoms. The van der Waals surface area contributed by atoms with E-state index in [0.717, 1.165) is 0 Å². The lowest BCUT2D eigenvalue weighted by Crippen LogP contribution is -2.22. The minimum atomic E-state index is -0.202. The van der Waals surface area contributed by atoms with Crippen molar-refractivity contribution in [2.45, 2.75) is 0 Å². The third-order valence-corrected chi connectivity index (χ3v) is 2.25. The van der Waals surface area contributed by atoms with E-state index in [1.54, 1.807) is 25.1 Å². The number of ketones is 1. The van der Waals surface area contributed by atoms with E-state index in [1.165, 1.54) is 20.3 Å². The molecule has 0 saturated carbocycles. The first-order valence-electron chi connectivity index (χ1n) is 5.12. The van der Waals surface area contributed by atoms with Gasteiger partial charge in [0.05, 0.1) is 20.8 Å². The third-order valence-electron chi connectivity index (χ3n) is 2.25. The number of benzene rings is 1. The predicted octanol–water partition coefficient (Wildman–Crippen LogP) is 1.15. The van der Waals surface area contributed by atoms with E-state index < -0.39 is 0 Å². The highest BCUT2D eigenvalue weighted by Gasteiger charge is 2.19. The number of phenols is 1. The largest absolute Gasteiger partial charge is 0.507 e. The zero-order valence-corrected chi connectivity index (χ0v) is 10.5. The van der Waals surface area contributed by atoms with E-state index in [4.69, 9.17) is 9.47 Å². The maximum absolute atomic E-state index is 11.9. The van der Waals surface area contributed by atoms with Crippen LogP contribution in [0.4, 0.5) is 0 Å². The highest BCUT2D eigenvalue weighted by Crippen LogP contribution is 2.33. The number of carbonyl (C=O) groups is 1. The van der Waals surface area contributed by atoms with Crippen molar-refractivity contribution in [3.63, 3.8) is 0 Å². The Morgan fingerprint density at radius 3 is 2.41 bits per heavy atom. The van der Waals surface area contributed by atoms with E-state index in [1.807, 2.05) is 0 Å². The van der Waals surface area contributed by atoms with Gasteiger partial charge in [-0.25, -0.2) is 0 Å². The molecule has 94 valence electrons. The number of methoxy groups -OCH3 is 2. The molecule has 0 aliphatic rings. The molecular weight excluding hydrogens is 222 g/mol. The Morgan fingerprint density at radius 2 is 1.94 bits per heavy atom. The summed E-state index contributed by atoms with van der Waals surface area (Å²) >= 11 is 0. The quantitative estimate of drug-likeness (QED) is 0.781. The van der Waals surface area contributed by atoms with E-state index in [0.29, 0.717) is 11.5 Å². The predicted molar refractivity (Wildman–Crippen MR) is 64.1 cm³/mol. The summed E-state index contributed by atoms with van der Waals surface area (Å²) in [6.07, 6.45) is 0.